The maximum atomic E-state index is 5.50. The van der Waals surface area contributed by atoms with E-state index in [0.29, 0.717) is 12.4 Å². The molecular formula is C11H16O3. The zero-order valence-corrected chi connectivity index (χ0v) is 8.87. The molecule has 3 nitrogen and oxygen atoms in total. The molecule has 3 heteroatoms. The molecule has 1 aromatic carbocycles. The van der Waals surface area contributed by atoms with Gasteiger partial charge in [0.2, 0.25) is 0 Å². The van der Waals surface area contributed by atoms with Crippen LogP contribution in [-0.4, -0.2) is 20.8 Å². The fraction of sp³-hybridized carbons (Fsp3) is 0.455. The first kappa shape index (κ1) is 10.7. The number of methoxy groups -OCH3 is 2. The van der Waals surface area contributed by atoms with Gasteiger partial charge in [-0.2, -0.15) is 0 Å². The minimum Gasteiger partial charge on any atom is -0.497 e. The molecule has 0 heterocycles. The average molecular weight is 196 g/mol. The highest BCUT2D eigenvalue weighted by molar-refractivity contribution is 5.45. The molecule has 14 heavy (non-hydrogen) atoms. The summed E-state index contributed by atoms with van der Waals surface area (Å²) >= 11 is 0. The molecule has 0 aliphatic carbocycles. The molecule has 1 rings (SSSR count). The molecule has 0 unspecified atom stereocenters. The van der Waals surface area contributed by atoms with Crippen molar-refractivity contribution in [3.8, 4) is 17.2 Å². The molecule has 0 bridgehead atoms. The van der Waals surface area contributed by atoms with E-state index in [-0.39, 0.29) is 0 Å². The fourth-order valence-electron chi connectivity index (χ4n) is 1.11. The average Bonchev–Trinajstić information content (AvgIpc) is 2.26. The Balaban J connectivity index is 2.82. The van der Waals surface area contributed by atoms with Crippen LogP contribution in [0.25, 0.3) is 0 Å². The van der Waals surface area contributed by atoms with Crippen molar-refractivity contribution in [2.75, 3.05) is 20.8 Å². The van der Waals surface area contributed by atoms with Gasteiger partial charge in [0.25, 0.3) is 0 Å². The highest BCUT2D eigenvalue weighted by Crippen LogP contribution is 2.31. The summed E-state index contributed by atoms with van der Waals surface area (Å²) in [6, 6.07) is 5.52. The molecule has 0 aliphatic heterocycles. The first-order valence-electron chi connectivity index (χ1n) is 4.66. The van der Waals surface area contributed by atoms with Crippen LogP contribution in [0.15, 0.2) is 18.2 Å². The number of rotatable bonds is 5. The first-order chi connectivity index (χ1) is 6.81. The van der Waals surface area contributed by atoms with E-state index in [1.54, 1.807) is 14.2 Å². The normalized spacial score (nSPS) is 9.64. The Labute approximate surface area is 84.6 Å². The summed E-state index contributed by atoms with van der Waals surface area (Å²) in [4.78, 5) is 0. The summed E-state index contributed by atoms with van der Waals surface area (Å²) in [6.45, 7) is 2.76. The molecule has 0 saturated carbocycles. The van der Waals surface area contributed by atoms with E-state index >= 15 is 0 Å². The lowest BCUT2D eigenvalue weighted by atomic mass is 10.3. The first-order valence-corrected chi connectivity index (χ1v) is 4.66. The predicted octanol–water partition coefficient (Wildman–Crippen LogP) is 2.49. The zero-order chi connectivity index (χ0) is 10.4. The zero-order valence-electron chi connectivity index (χ0n) is 8.87. The minimum atomic E-state index is 0.697. The lowest BCUT2D eigenvalue weighted by Gasteiger charge is -2.10. The van der Waals surface area contributed by atoms with Gasteiger partial charge in [0.1, 0.15) is 5.75 Å². The van der Waals surface area contributed by atoms with Crippen molar-refractivity contribution in [2.24, 2.45) is 0 Å². The molecule has 0 saturated heterocycles. The summed E-state index contributed by atoms with van der Waals surface area (Å²) < 4.78 is 15.8. The van der Waals surface area contributed by atoms with Crippen LogP contribution in [0.4, 0.5) is 0 Å². The van der Waals surface area contributed by atoms with Gasteiger partial charge >= 0.3 is 0 Å². The standard InChI is InChI=1S/C11H16O3/c1-4-7-14-10-6-5-9(12-2)8-11(10)13-3/h5-6,8H,4,7H2,1-3H3. The van der Waals surface area contributed by atoms with Gasteiger partial charge < -0.3 is 14.2 Å². The number of benzene rings is 1. The van der Waals surface area contributed by atoms with Crippen LogP contribution in [-0.2, 0) is 0 Å². The lowest BCUT2D eigenvalue weighted by molar-refractivity contribution is 0.292. The maximum Gasteiger partial charge on any atom is 0.164 e. The van der Waals surface area contributed by atoms with Crippen molar-refractivity contribution < 1.29 is 14.2 Å². The molecule has 1 aromatic rings. The molecule has 78 valence electrons. The topological polar surface area (TPSA) is 27.7 Å². The second kappa shape index (κ2) is 5.37. The fourth-order valence-corrected chi connectivity index (χ4v) is 1.11. The summed E-state index contributed by atoms with van der Waals surface area (Å²) in [5, 5.41) is 0. The maximum absolute atomic E-state index is 5.50. The van der Waals surface area contributed by atoms with Gasteiger partial charge in [-0.1, -0.05) is 6.92 Å². The van der Waals surface area contributed by atoms with Gasteiger partial charge in [-0.15, -0.1) is 0 Å². The largest absolute Gasteiger partial charge is 0.497 e. The van der Waals surface area contributed by atoms with E-state index in [1.807, 2.05) is 18.2 Å². The molecule has 0 atom stereocenters. The van der Waals surface area contributed by atoms with E-state index in [2.05, 4.69) is 6.92 Å². The van der Waals surface area contributed by atoms with Crippen molar-refractivity contribution in [1.82, 2.24) is 0 Å². The molecule has 0 amide bonds. The van der Waals surface area contributed by atoms with Gasteiger partial charge in [0.15, 0.2) is 11.5 Å². The van der Waals surface area contributed by atoms with Gasteiger partial charge in [0, 0.05) is 6.07 Å². The second-order valence-corrected chi connectivity index (χ2v) is 2.87. The van der Waals surface area contributed by atoms with Crippen LogP contribution < -0.4 is 14.2 Å². The molecular weight excluding hydrogens is 180 g/mol. The van der Waals surface area contributed by atoms with E-state index in [4.69, 9.17) is 14.2 Å². The molecule has 0 aliphatic rings. The monoisotopic (exact) mass is 196 g/mol. The number of hydrogen-bond acceptors (Lipinski definition) is 3. The van der Waals surface area contributed by atoms with Gasteiger partial charge in [-0.05, 0) is 18.6 Å². The number of hydrogen-bond donors (Lipinski definition) is 0. The third-order valence-corrected chi connectivity index (χ3v) is 1.83. The Morgan fingerprint density at radius 2 is 1.86 bits per heavy atom. The van der Waals surface area contributed by atoms with Gasteiger partial charge in [-0.25, -0.2) is 0 Å². The Hall–Kier alpha value is -1.38. The van der Waals surface area contributed by atoms with Gasteiger partial charge in [-0.3, -0.25) is 0 Å². The predicted molar refractivity (Wildman–Crippen MR) is 55.3 cm³/mol. The van der Waals surface area contributed by atoms with Crippen molar-refractivity contribution in [1.29, 1.82) is 0 Å². The summed E-state index contributed by atoms with van der Waals surface area (Å²) in [5.74, 6) is 2.23. The third-order valence-electron chi connectivity index (χ3n) is 1.83. The molecule has 0 radical (unpaired) electrons. The Morgan fingerprint density at radius 3 is 2.43 bits per heavy atom. The van der Waals surface area contributed by atoms with Crippen LogP contribution in [0.3, 0.4) is 0 Å². The highest BCUT2D eigenvalue weighted by atomic mass is 16.5. The molecule has 0 N–H and O–H groups in total. The molecule has 0 fully saturated rings. The Kier molecular flexibility index (Phi) is 4.11. The minimum absolute atomic E-state index is 0.697. The van der Waals surface area contributed by atoms with E-state index in [9.17, 15) is 0 Å². The van der Waals surface area contributed by atoms with Crippen LogP contribution >= 0.6 is 0 Å². The van der Waals surface area contributed by atoms with Crippen molar-refractivity contribution in [3.05, 3.63) is 18.2 Å². The quantitative estimate of drug-likeness (QED) is 0.724. The van der Waals surface area contributed by atoms with E-state index in [1.165, 1.54) is 0 Å². The smallest absolute Gasteiger partial charge is 0.164 e. The highest BCUT2D eigenvalue weighted by Gasteiger charge is 2.04. The summed E-state index contributed by atoms with van der Waals surface area (Å²) in [5.41, 5.74) is 0. The third kappa shape index (κ3) is 2.55. The molecule has 0 aromatic heterocycles. The van der Waals surface area contributed by atoms with E-state index < -0.39 is 0 Å². The lowest BCUT2D eigenvalue weighted by Crippen LogP contribution is -1.97. The van der Waals surface area contributed by atoms with E-state index in [0.717, 1.165) is 17.9 Å². The Bertz CT molecular complexity index is 284. The SMILES string of the molecule is CCCOc1ccc(OC)cc1OC. The van der Waals surface area contributed by atoms with Crippen molar-refractivity contribution in [2.45, 2.75) is 13.3 Å². The summed E-state index contributed by atoms with van der Waals surface area (Å²) in [6.07, 6.45) is 0.981. The van der Waals surface area contributed by atoms with Crippen LogP contribution in [0, 0.1) is 0 Å². The van der Waals surface area contributed by atoms with Gasteiger partial charge in [0.05, 0.1) is 20.8 Å². The van der Waals surface area contributed by atoms with Crippen LogP contribution in [0.5, 0.6) is 17.2 Å². The number of ether oxygens (including phenoxy) is 3. The Morgan fingerprint density at radius 1 is 1.07 bits per heavy atom. The van der Waals surface area contributed by atoms with Crippen molar-refractivity contribution >= 4 is 0 Å². The molecule has 0 spiro atoms. The summed E-state index contributed by atoms with van der Waals surface area (Å²) in [7, 11) is 3.24. The van der Waals surface area contributed by atoms with Crippen molar-refractivity contribution in [3.63, 3.8) is 0 Å². The van der Waals surface area contributed by atoms with Crippen LogP contribution in [0.2, 0.25) is 0 Å². The second-order valence-electron chi connectivity index (χ2n) is 2.87. The van der Waals surface area contributed by atoms with Crippen LogP contribution in [0.1, 0.15) is 13.3 Å².